The van der Waals surface area contributed by atoms with E-state index in [-0.39, 0.29) is 41.7 Å². The molecule has 3 saturated heterocycles. The molecule has 4 atom stereocenters. The monoisotopic (exact) mass is 564 g/mol. The SMILES string of the molecule is CC(C)(C)OC(=O)N1[C@@H]2CC[C@H]1CC(Oc1ccc(-n3ccc4cc(OCC5CCCO5)ccc4c3=O)cc1F)C2. The van der Waals surface area contributed by atoms with E-state index in [0.29, 0.717) is 36.3 Å². The lowest BCUT2D eigenvalue weighted by atomic mass is 10.00. The summed E-state index contributed by atoms with van der Waals surface area (Å²) in [6.07, 6.45) is 6.34. The molecule has 6 rings (SSSR count). The predicted octanol–water partition coefficient (Wildman–Crippen LogP) is 6.00. The Hall–Kier alpha value is -3.59. The Balaban J connectivity index is 1.13. The number of carbonyl (C=O) groups is 1. The van der Waals surface area contributed by atoms with Crippen LogP contribution in [-0.4, -0.2) is 58.7 Å². The molecule has 9 heteroatoms. The van der Waals surface area contributed by atoms with Crippen molar-refractivity contribution < 1.29 is 28.1 Å². The molecule has 3 fully saturated rings. The predicted molar refractivity (Wildman–Crippen MR) is 153 cm³/mol. The van der Waals surface area contributed by atoms with Gasteiger partial charge in [0, 0.05) is 49.2 Å². The van der Waals surface area contributed by atoms with E-state index < -0.39 is 11.4 Å². The second-order valence-electron chi connectivity index (χ2n) is 12.3. The molecule has 0 radical (unpaired) electrons. The number of fused-ring (bicyclic) bond motifs is 3. The number of hydrogen-bond donors (Lipinski definition) is 0. The number of benzene rings is 2. The summed E-state index contributed by atoms with van der Waals surface area (Å²) in [5.74, 6) is 0.295. The maximum atomic E-state index is 15.3. The van der Waals surface area contributed by atoms with Crippen molar-refractivity contribution in [3.8, 4) is 17.2 Å². The van der Waals surface area contributed by atoms with Gasteiger partial charge in [-0.05, 0) is 88.2 Å². The zero-order chi connectivity index (χ0) is 28.7. The van der Waals surface area contributed by atoms with Crippen LogP contribution in [0.2, 0.25) is 0 Å². The number of hydrogen-bond acceptors (Lipinski definition) is 6. The van der Waals surface area contributed by atoms with Crippen LogP contribution in [0.25, 0.3) is 16.5 Å². The van der Waals surface area contributed by atoms with E-state index in [4.69, 9.17) is 18.9 Å². The third-order valence-electron chi connectivity index (χ3n) is 8.12. The average Bonchev–Trinajstić information content (AvgIpc) is 3.54. The van der Waals surface area contributed by atoms with Crippen molar-refractivity contribution in [3.63, 3.8) is 0 Å². The zero-order valence-electron chi connectivity index (χ0n) is 23.8. The van der Waals surface area contributed by atoms with E-state index in [1.54, 1.807) is 30.5 Å². The first-order valence-corrected chi connectivity index (χ1v) is 14.5. The van der Waals surface area contributed by atoms with Crippen molar-refractivity contribution in [2.45, 2.75) is 89.2 Å². The van der Waals surface area contributed by atoms with Gasteiger partial charge < -0.3 is 23.8 Å². The van der Waals surface area contributed by atoms with Crippen LogP contribution in [0, 0.1) is 5.82 Å². The average molecular weight is 565 g/mol. The van der Waals surface area contributed by atoms with Gasteiger partial charge in [0.2, 0.25) is 0 Å². The van der Waals surface area contributed by atoms with Gasteiger partial charge in [-0.25, -0.2) is 9.18 Å². The minimum atomic E-state index is -0.552. The second kappa shape index (κ2) is 11.0. The molecule has 3 aliphatic heterocycles. The summed E-state index contributed by atoms with van der Waals surface area (Å²) in [4.78, 5) is 27.9. The third kappa shape index (κ3) is 5.91. The summed E-state index contributed by atoms with van der Waals surface area (Å²) in [5.41, 5.74) is -0.378. The van der Waals surface area contributed by atoms with E-state index in [1.165, 1.54) is 10.6 Å². The summed E-state index contributed by atoms with van der Waals surface area (Å²) in [6, 6.07) is 11.8. The van der Waals surface area contributed by atoms with Gasteiger partial charge in [-0.15, -0.1) is 0 Å². The summed E-state index contributed by atoms with van der Waals surface area (Å²) in [6.45, 7) is 6.84. The van der Waals surface area contributed by atoms with Crippen molar-refractivity contribution in [2.24, 2.45) is 0 Å². The molecule has 2 aromatic carbocycles. The largest absolute Gasteiger partial charge is 0.491 e. The molecule has 2 bridgehead atoms. The van der Waals surface area contributed by atoms with Gasteiger partial charge in [-0.1, -0.05) is 0 Å². The fraction of sp³-hybridized carbons (Fsp3) is 0.500. The Morgan fingerprint density at radius 1 is 1.05 bits per heavy atom. The lowest BCUT2D eigenvalue weighted by Gasteiger charge is -2.39. The minimum absolute atomic E-state index is 0.0223. The molecule has 0 aliphatic carbocycles. The number of ether oxygens (including phenoxy) is 4. The van der Waals surface area contributed by atoms with Gasteiger partial charge >= 0.3 is 6.09 Å². The number of carbonyl (C=O) groups excluding carboxylic acids is 1. The second-order valence-corrected chi connectivity index (χ2v) is 12.3. The Bertz CT molecular complexity index is 1480. The number of halogens is 1. The van der Waals surface area contributed by atoms with Crippen molar-refractivity contribution >= 4 is 16.9 Å². The van der Waals surface area contributed by atoms with E-state index in [9.17, 15) is 9.59 Å². The number of amides is 1. The van der Waals surface area contributed by atoms with E-state index in [1.807, 2.05) is 37.8 Å². The first kappa shape index (κ1) is 27.6. The molecule has 4 heterocycles. The van der Waals surface area contributed by atoms with Crippen LogP contribution in [0.15, 0.2) is 53.5 Å². The molecule has 3 aromatic rings. The number of pyridine rings is 1. The fourth-order valence-corrected chi connectivity index (χ4v) is 6.23. The van der Waals surface area contributed by atoms with Crippen LogP contribution in [0.3, 0.4) is 0 Å². The Kier molecular flexibility index (Phi) is 7.40. The van der Waals surface area contributed by atoms with Crippen LogP contribution in [0.4, 0.5) is 9.18 Å². The van der Waals surface area contributed by atoms with Crippen molar-refractivity contribution in [2.75, 3.05) is 13.2 Å². The van der Waals surface area contributed by atoms with Crippen molar-refractivity contribution in [1.29, 1.82) is 0 Å². The molecule has 8 nitrogen and oxygen atoms in total. The summed E-state index contributed by atoms with van der Waals surface area (Å²) >= 11 is 0. The summed E-state index contributed by atoms with van der Waals surface area (Å²) in [5, 5.41) is 1.27. The highest BCUT2D eigenvalue weighted by Crippen LogP contribution is 2.38. The van der Waals surface area contributed by atoms with Gasteiger partial charge in [-0.3, -0.25) is 9.36 Å². The Morgan fingerprint density at radius 2 is 1.83 bits per heavy atom. The van der Waals surface area contributed by atoms with Gasteiger partial charge in [0.25, 0.3) is 5.56 Å². The van der Waals surface area contributed by atoms with E-state index in [0.717, 1.165) is 37.7 Å². The molecule has 41 heavy (non-hydrogen) atoms. The first-order valence-electron chi connectivity index (χ1n) is 14.5. The molecule has 218 valence electrons. The number of aromatic nitrogens is 1. The van der Waals surface area contributed by atoms with Crippen LogP contribution in [-0.2, 0) is 9.47 Å². The molecule has 0 spiro atoms. The van der Waals surface area contributed by atoms with Gasteiger partial charge in [0.15, 0.2) is 11.6 Å². The molecular formula is C32H37FN2O6. The van der Waals surface area contributed by atoms with Crippen LogP contribution in [0.1, 0.15) is 59.3 Å². The maximum absolute atomic E-state index is 15.3. The molecule has 1 aromatic heterocycles. The van der Waals surface area contributed by atoms with E-state index >= 15 is 4.39 Å². The summed E-state index contributed by atoms with van der Waals surface area (Å²) < 4.78 is 39.9. The van der Waals surface area contributed by atoms with Gasteiger partial charge in [-0.2, -0.15) is 0 Å². The number of piperidine rings is 1. The van der Waals surface area contributed by atoms with Crippen LogP contribution >= 0.6 is 0 Å². The molecule has 2 unspecified atom stereocenters. The standard InChI is InChI=1S/C32H37FN2O6/c1-32(2,3)41-31(37)35-22-6-7-23(35)17-26(16-22)40-29-11-8-21(18-28(29)33)34-13-12-20-15-24(9-10-27(20)30(34)36)39-19-25-5-4-14-38-25/h8-13,15,18,22-23,25-26H,4-7,14,16-17,19H2,1-3H3/t22-,23+,25?,26?. The molecule has 0 saturated carbocycles. The lowest BCUT2D eigenvalue weighted by molar-refractivity contribution is -0.00754. The molecule has 3 aliphatic rings. The van der Waals surface area contributed by atoms with E-state index in [2.05, 4.69) is 0 Å². The lowest BCUT2D eigenvalue weighted by Crippen LogP contribution is -2.50. The molecular weight excluding hydrogens is 527 g/mol. The maximum Gasteiger partial charge on any atom is 0.410 e. The third-order valence-corrected chi connectivity index (χ3v) is 8.12. The molecule has 0 N–H and O–H groups in total. The Morgan fingerprint density at radius 3 is 2.51 bits per heavy atom. The van der Waals surface area contributed by atoms with Crippen molar-refractivity contribution in [3.05, 3.63) is 64.8 Å². The first-order chi connectivity index (χ1) is 19.6. The smallest absolute Gasteiger partial charge is 0.410 e. The van der Waals surface area contributed by atoms with Gasteiger partial charge in [0.1, 0.15) is 24.1 Å². The quantitative estimate of drug-likeness (QED) is 0.366. The van der Waals surface area contributed by atoms with Crippen LogP contribution < -0.4 is 15.0 Å². The fourth-order valence-electron chi connectivity index (χ4n) is 6.23. The highest BCUT2D eigenvalue weighted by molar-refractivity contribution is 5.83. The highest BCUT2D eigenvalue weighted by atomic mass is 19.1. The highest BCUT2D eigenvalue weighted by Gasteiger charge is 2.45. The number of nitrogens with zero attached hydrogens (tertiary/aromatic N) is 2. The van der Waals surface area contributed by atoms with Gasteiger partial charge in [0.05, 0.1) is 11.8 Å². The topological polar surface area (TPSA) is 79.2 Å². The summed E-state index contributed by atoms with van der Waals surface area (Å²) in [7, 11) is 0. The number of rotatable bonds is 6. The van der Waals surface area contributed by atoms with Crippen molar-refractivity contribution in [1.82, 2.24) is 9.47 Å². The Labute approximate surface area is 238 Å². The minimum Gasteiger partial charge on any atom is -0.491 e. The molecule has 1 amide bonds. The zero-order valence-corrected chi connectivity index (χ0v) is 23.8. The van der Waals surface area contributed by atoms with Crippen LogP contribution in [0.5, 0.6) is 11.5 Å². The normalized spacial score (nSPS) is 24.0.